The highest BCUT2D eigenvalue weighted by Gasteiger charge is 2.28. The van der Waals surface area contributed by atoms with Crippen LogP contribution in [0.4, 0.5) is 4.79 Å². The molecule has 0 saturated carbocycles. The van der Waals surface area contributed by atoms with Crippen molar-refractivity contribution in [1.82, 2.24) is 5.32 Å². The summed E-state index contributed by atoms with van der Waals surface area (Å²) in [5.74, 6) is -1.73. The molecule has 0 aliphatic carbocycles. The zero-order valence-electron chi connectivity index (χ0n) is 17.5. The van der Waals surface area contributed by atoms with Gasteiger partial charge in [-0.25, -0.2) is 9.59 Å². The van der Waals surface area contributed by atoms with Gasteiger partial charge in [0.15, 0.2) is 0 Å². The van der Waals surface area contributed by atoms with Gasteiger partial charge in [-0.1, -0.05) is 13.8 Å². The van der Waals surface area contributed by atoms with Gasteiger partial charge in [0.2, 0.25) is 12.2 Å². The quantitative estimate of drug-likeness (QED) is 0.115. The first-order valence-corrected chi connectivity index (χ1v) is 9.40. The molecule has 0 aromatic carbocycles. The summed E-state index contributed by atoms with van der Waals surface area (Å²) in [5, 5.41) is 20.6. The second-order valence-corrected chi connectivity index (χ2v) is 6.43. The fraction of sp³-hybridized carbons (Fsp3) is 0.812. The van der Waals surface area contributed by atoms with Crippen molar-refractivity contribution in [3.8, 4) is 0 Å². The minimum absolute atomic E-state index is 0.0780. The van der Waals surface area contributed by atoms with E-state index in [-0.39, 0.29) is 45.0 Å². The molecule has 0 spiro atoms. The van der Waals surface area contributed by atoms with Gasteiger partial charge in [0, 0.05) is 13.3 Å². The molecular formula is C16H27N3O12. The van der Waals surface area contributed by atoms with E-state index in [1.54, 1.807) is 13.8 Å². The van der Waals surface area contributed by atoms with Crippen molar-refractivity contribution < 1.29 is 48.4 Å². The van der Waals surface area contributed by atoms with Crippen LogP contribution in [0, 0.1) is 26.1 Å². The average Bonchev–Trinajstić information content (AvgIpc) is 2.65. The normalized spacial score (nSPS) is 12.3. The van der Waals surface area contributed by atoms with Crippen molar-refractivity contribution in [3.63, 3.8) is 0 Å². The van der Waals surface area contributed by atoms with Crippen LogP contribution in [-0.2, 0) is 33.5 Å². The molecule has 0 fully saturated rings. The predicted octanol–water partition coefficient (Wildman–Crippen LogP) is 1.15. The van der Waals surface area contributed by atoms with Crippen LogP contribution >= 0.6 is 0 Å². The Morgan fingerprint density at radius 1 is 0.871 bits per heavy atom. The number of rotatable bonds is 16. The first-order valence-electron chi connectivity index (χ1n) is 9.40. The smallest absolute Gasteiger partial charge is 0.434 e. The Hall–Kier alpha value is -3.39. The molecule has 0 heterocycles. The van der Waals surface area contributed by atoms with E-state index in [1.807, 2.05) is 0 Å². The Kier molecular flexibility index (Phi) is 13.8. The molecule has 15 nitrogen and oxygen atoms in total. The number of hydrogen-bond acceptors (Lipinski definition) is 12. The molecule has 0 radical (unpaired) electrons. The summed E-state index contributed by atoms with van der Waals surface area (Å²) in [7, 11) is 0. The number of carbonyl (C=O) groups excluding carboxylic acids is 3. The van der Waals surface area contributed by atoms with Crippen molar-refractivity contribution in [2.75, 3.05) is 19.8 Å². The summed E-state index contributed by atoms with van der Waals surface area (Å²) in [4.78, 5) is 63.9. The van der Waals surface area contributed by atoms with Crippen molar-refractivity contribution in [1.29, 1.82) is 0 Å². The monoisotopic (exact) mass is 453 g/mol. The van der Waals surface area contributed by atoms with Gasteiger partial charge in [-0.2, -0.15) is 0 Å². The number of nitrogens with zero attached hydrogens (tertiary/aromatic N) is 2. The van der Waals surface area contributed by atoms with Gasteiger partial charge in [0.25, 0.3) is 10.2 Å². The Bertz CT molecular complexity index is 613. The third kappa shape index (κ3) is 15.2. The van der Waals surface area contributed by atoms with E-state index in [2.05, 4.69) is 15.0 Å². The van der Waals surface area contributed by atoms with Crippen molar-refractivity contribution in [2.24, 2.45) is 5.92 Å². The van der Waals surface area contributed by atoms with Gasteiger partial charge in [-0.3, -0.25) is 4.79 Å². The van der Waals surface area contributed by atoms with Crippen LogP contribution in [0.25, 0.3) is 0 Å². The topological polar surface area (TPSA) is 196 Å². The molecule has 1 amide bonds. The summed E-state index contributed by atoms with van der Waals surface area (Å²) in [5.41, 5.74) is 0. The lowest BCUT2D eigenvalue weighted by Crippen LogP contribution is -2.46. The van der Waals surface area contributed by atoms with Crippen LogP contribution in [0.1, 0.15) is 46.5 Å². The van der Waals surface area contributed by atoms with Crippen LogP contribution in [0.3, 0.4) is 0 Å². The third-order valence-electron chi connectivity index (χ3n) is 3.48. The number of unbranched alkanes of at least 4 members (excludes halogenated alkanes) is 1. The molecule has 0 bridgehead atoms. The maximum Gasteiger partial charge on any atom is 0.511 e. The van der Waals surface area contributed by atoms with Gasteiger partial charge in [0.1, 0.15) is 6.04 Å². The van der Waals surface area contributed by atoms with Crippen LogP contribution in [0.5, 0.6) is 0 Å². The Balaban J connectivity index is 4.27. The molecular weight excluding hydrogens is 426 g/mol. The lowest BCUT2D eigenvalue weighted by molar-refractivity contribution is -0.757. The zero-order valence-corrected chi connectivity index (χ0v) is 17.5. The second-order valence-electron chi connectivity index (χ2n) is 6.43. The highest BCUT2D eigenvalue weighted by molar-refractivity contribution is 5.84. The molecule has 2 unspecified atom stereocenters. The number of nitrogens with one attached hydrogen (secondary N) is 1. The van der Waals surface area contributed by atoms with E-state index in [0.29, 0.717) is 6.42 Å². The lowest BCUT2D eigenvalue weighted by Gasteiger charge is -2.23. The highest BCUT2D eigenvalue weighted by Crippen LogP contribution is 2.08. The van der Waals surface area contributed by atoms with E-state index in [0.717, 1.165) is 0 Å². The maximum absolute atomic E-state index is 12.3. The van der Waals surface area contributed by atoms with Gasteiger partial charge in [-0.05, 0) is 25.2 Å². The number of hydrogen-bond donors (Lipinski definition) is 1. The molecule has 0 aliphatic heterocycles. The van der Waals surface area contributed by atoms with E-state index >= 15 is 0 Å². The Morgan fingerprint density at radius 2 is 1.42 bits per heavy atom. The highest BCUT2D eigenvalue weighted by atomic mass is 17.0. The van der Waals surface area contributed by atoms with Crippen LogP contribution < -0.4 is 5.32 Å². The molecule has 0 aliphatic rings. The van der Waals surface area contributed by atoms with Gasteiger partial charge in [0.05, 0.1) is 19.8 Å². The molecule has 0 aromatic heterocycles. The van der Waals surface area contributed by atoms with E-state index < -0.39 is 40.5 Å². The van der Waals surface area contributed by atoms with E-state index in [4.69, 9.17) is 14.2 Å². The Labute approximate surface area is 177 Å². The first-order chi connectivity index (χ1) is 14.5. The van der Waals surface area contributed by atoms with Crippen LogP contribution in [0.2, 0.25) is 0 Å². The summed E-state index contributed by atoms with van der Waals surface area (Å²) < 4.78 is 14.5. The standard InChI is InChI=1S/C16H27N3O12/c1-11(2)14(17-13(20)7-6-10-29-19(25)26)15(21)30-12(3)31-16(22)27-8-4-5-9-28-18(23)24/h11-12,14H,4-10H2,1-3H3,(H,17,20). The molecule has 178 valence electrons. The van der Waals surface area contributed by atoms with E-state index in [1.165, 1.54) is 6.92 Å². The largest absolute Gasteiger partial charge is 0.511 e. The van der Waals surface area contributed by atoms with Crippen molar-refractivity contribution >= 4 is 18.0 Å². The Morgan fingerprint density at radius 3 is 1.97 bits per heavy atom. The third-order valence-corrected chi connectivity index (χ3v) is 3.48. The van der Waals surface area contributed by atoms with Crippen LogP contribution in [-0.4, -0.2) is 60.4 Å². The first kappa shape index (κ1) is 27.6. The van der Waals surface area contributed by atoms with Gasteiger partial charge in [-0.15, -0.1) is 20.2 Å². The second kappa shape index (κ2) is 15.4. The molecule has 15 heteroatoms. The van der Waals surface area contributed by atoms with Gasteiger partial charge >= 0.3 is 12.1 Å². The fourth-order valence-corrected chi connectivity index (χ4v) is 2.04. The van der Waals surface area contributed by atoms with Gasteiger partial charge < -0.3 is 29.2 Å². The number of carbonyl (C=O) groups is 3. The predicted molar refractivity (Wildman–Crippen MR) is 99.1 cm³/mol. The molecule has 0 aromatic rings. The average molecular weight is 453 g/mol. The summed E-state index contributed by atoms with van der Waals surface area (Å²) in [6.45, 7) is 4.12. The lowest BCUT2D eigenvalue weighted by atomic mass is 10.0. The molecule has 31 heavy (non-hydrogen) atoms. The zero-order chi connectivity index (χ0) is 23.8. The van der Waals surface area contributed by atoms with E-state index in [9.17, 15) is 34.6 Å². The molecule has 0 saturated heterocycles. The molecule has 2 atom stereocenters. The number of esters is 1. The minimum Gasteiger partial charge on any atom is -0.434 e. The number of ether oxygens (including phenoxy) is 3. The minimum atomic E-state index is -1.30. The van der Waals surface area contributed by atoms with Crippen LogP contribution in [0.15, 0.2) is 0 Å². The van der Waals surface area contributed by atoms with Crippen molar-refractivity contribution in [3.05, 3.63) is 20.2 Å². The summed E-state index contributed by atoms with van der Waals surface area (Å²) in [6.07, 6.45) is -1.85. The maximum atomic E-state index is 12.3. The molecule has 1 N–H and O–H groups in total. The molecule has 0 rings (SSSR count). The van der Waals surface area contributed by atoms with Crippen molar-refractivity contribution in [2.45, 2.75) is 58.8 Å². The summed E-state index contributed by atoms with van der Waals surface area (Å²) >= 11 is 0. The summed E-state index contributed by atoms with van der Waals surface area (Å²) in [6, 6.07) is -1.03. The SMILES string of the molecule is CC(OC(=O)OCCCCO[N+](=O)[O-])OC(=O)C(NC(=O)CCCO[N+](=O)[O-])C(C)C. The fourth-order valence-electron chi connectivity index (χ4n) is 2.04. The number of amides is 1.